The van der Waals surface area contributed by atoms with Crippen molar-refractivity contribution in [2.75, 3.05) is 23.0 Å². The number of carbonyl (C=O) groups excluding carboxylic acids is 1. The van der Waals surface area contributed by atoms with Gasteiger partial charge in [-0.3, -0.25) is 9.79 Å². The van der Waals surface area contributed by atoms with Crippen LogP contribution in [0.15, 0.2) is 27.7 Å². The third-order valence-corrected chi connectivity index (χ3v) is 6.82. The van der Waals surface area contributed by atoms with Crippen molar-refractivity contribution in [2.24, 2.45) is 4.99 Å². The molecule has 4 heterocycles. The molecule has 0 N–H and O–H groups in total. The Bertz CT molecular complexity index is 1030. The highest BCUT2D eigenvalue weighted by Crippen LogP contribution is 2.44. The van der Waals surface area contributed by atoms with Gasteiger partial charge in [0.2, 0.25) is 0 Å². The average molecular weight is 425 g/mol. The largest absolute Gasteiger partial charge is 0.376 e. The summed E-state index contributed by atoms with van der Waals surface area (Å²) < 4.78 is 26.2. The van der Waals surface area contributed by atoms with Crippen LogP contribution in [0, 0.1) is 5.82 Å². The van der Waals surface area contributed by atoms with Crippen LogP contribution in [0.3, 0.4) is 0 Å². The highest BCUT2D eigenvalue weighted by atomic mass is 19.1. The normalized spacial score (nSPS) is 27.9. The zero-order valence-corrected chi connectivity index (χ0v) is 17.1. The molecule has 0 bridgehead atoms. The predicted molar refractivity (Wildman–Crippen MR) is 111 cm³/mol. The second-order valence-electron chi connectivity index (χ2n) is 8.73. The summed E-state index contributed by atoms with van der Waals surface area (Å²) in [4.78, 5) is 26.1. The predicted octanol–water partition coefficient (Wildman–Crippen LogP) is 3.35. The molecule has 162 valence electrons. The number of fused-ring (bicyclic) bond motifs is 3. The van der Waals surface area contributed by atoms with Crippen LogP contribution < -0.4 is 9.80 Å². The summed E-state index contributed by atoms with van der Waals surface area (Å²) in [5.74, 6) is 0.700. The van der Waals surface area contributed by atoms with E-state index in [1.165, 1.54) is 23.8 Å². The number of anilines is 2. The number of ether oxygens (including phenoxy) is 1. The lowest BCUT2D eigenvalue weighted by molar-refractivity contribution is -0.120. The molecule has 9 heteroatoms. The maximum atomic E-state index is 14.9. The first-order valence-corrected chi connectivity index (χ1v) is 11.1. The third kappa shape index (κ3) is 3.05. The Kier molecular flexibility index (Phi) is 4.52. The van der Waals surface area contributed by atoms with Crippen molar-refractivity contribution >= 4 is 23.6 Å². The molecule has 4 aliphatic rings. The molecule has 1 amide bonds. The number of rotatable bonds is 4. The van der Waals surface area contributed by atoms with E-state index >= 15 is 0 Å². The second-order valence-corrected chi connectivity index (χ2v) is 8.73. The maximum Gasteiger partial charge on any atom is 0.254 e. The van der Waals surface area contributed by atoms with Gasteiger partial charge in [0.15, 0.2) is 11.9 Å². The zero-order chi connectivity index (χ0) is 20.9. The van der Waals surface area contributed by atoms with E-state index in [1.807, 2.05) is 6.07 Å². The summed E-state index contributed by atoms with van der Waals surface area (Å²) in [6.45, 7) is 0.991. The van der Waals surface area contributed by atoms with Gasteiger partial charge >= 0.3 is 0 Å². The van der Waals surface area contributed by atoms with Crippen molar-refractivity contribution in [3.8, 4) is 0 Å². The maximum absolute atomic E-state index is 14.9. The summed E-state index contributed by atoms with van der Waals surface area (Å²) in [6.07, 6.45) is 7.76. The number of para-hydroxylation sites is 1. The Morgan fingerprint density at radius 1 is 1.16 bits per heavy atom. The van der Waals surface area contributed by atoms with E-state index < -0.39 is 17.9 Å². The molecule has 0 spiro atoms. The topological polar surface area (TPSA) is 84.1 Å². The van der Waals surface area contributed by atoms with E-state index in [-0.39, 0.29) is 17.7 Å². The SMILES string of the molecule is O=C1C2C(c3nc(C4CCCC4)no3)N=CN2c2cccc(F)c2N1CC1CCCO1. The number of hydrogen-bond acceptors (Lipinski definition) is 7. The van der Waals surface area contributed by atoms with Gasteiger partial charge in [-0.05, 0) is 37.8 Å². The second kappa shape index (κ2) is 7.40. The van der Waals surface area contributed by atoms with Crippen LogP contribution in [0.25, 0.3) is 0 Å². The fourth-order valence-corrected chi connectivity index (χ4v) is 5.25. The first-order valence-electron chi connectivity index (χ1n) is 11.1. The van der Waals surface area contributed by atoms with Gasteiger partial charge in [-0.15, -0.1) is 0 Å². The molecule has 0 radical (unpaired) electrons. The number of aromatic nitrogens is 2. The fraction of sp³-hybridized carbons (Fsp3) is 0.545. The first kappa shape index (κ1) is 18.9. The van der Waals surface area contributed by atoms with Gasteiger partial charge in [-0.25, -0.2) is 4.39 Å². The number of hydrogen-bond donors (Lipinski definition) is 0. The van der Waals surface area contributed by atoms with Gasteiger partial charge in [0, 0.05) is 12.5 Å². The Balaban J connectivity index is 1.35. The van der Waals surface area contributed by atoms with Crippen LogP contribution in [0.2, 0.25) is 0 Å². The molecule has 1 saturated heterocycles. The monoisotopic (exact) mass is 425 g/mol. The number of halogens is 1. The summed E-state index contributed by atoms with van der Waals surface area (Å²) in [6, 6.07) is 3.56. The first-order chi connectivity index (χ1) is 15.2. The molecule has 8 nitrogen and oxygen atoms in total. The van der Waals surface area contributed by atoms with Crippen molar-refractivity contribution in [3.05, 3.63) is 35.7 Å². The molecule has 31 heavy (non-hydrogen) atoms. The molecule has 1 aliphatic carbocycles. The minimum absolute atomic E-state index is 0.0962. The molecule has 1 aromatic carbocycles. The smallest absolute Gasteiger partial charge is 0.254 e. The van der Waals surface area contributed by atoms with Crippen molar-refractivity contribution in [3.63, 3.8) is 0 Å². The quantitative estimate of drug-likeness (QED) is 0.747. The van der Waals surface area contributed by atoms with Crippen LogP contribution in [0.1, 0.15) is 62.2 Å². The Hall–Kier alpha value is -2.81. The Morgan fingerprint density at radius 3 is 2.84 bits per heavy atom. The number of nitrogens with zero attached hydrogens (tertiary/aromatic N) is 5. The van der Waals surface area contributed by atoms with Gasteiger partial charge in [0.1, 0.15) is 17.5 Å². The van der Waals surface area contributed by atoms with Crippen LogP contribution >= 0.6 is 0 Å². The lowest BCUT2D eigenvalue weighted by Gasteiger charge is -2.40. The summed E-state index contributed by atoms with van der Waals surface area (Å²) in [7, 11) is 0. The van der Waals surface area contributed by atoms with E-state index in [1.54, 1.807) is 17.3 Å². The summed E-state index contributed by atoms with van der Waals surface area (Å²) >= 11 is 0. The molecule has 1 saturated carbocycles. The highest BCUT2D eigenvalue weighted by molar-refractivity contribution is 6.12. The van der Waals surface area contributed by atoms with Crippen molar-refractivity contribution in [2.45, 2.75) is 62.6 Å². The molecular weight excluding hydrogens is 401 g/mol. The molecule has 3 aliphatic heterocycles. The molecule has 3 unspecified atom stereocenters. The number of amides is 1. The van der Waals surface area contributed by atoms with E-state index in [0.29, 0.717) is 36.5 Å². The van der Waals surface area contributed by atoms with Gasteiger partial charge in [0.25, 0.3) is 11.8 Å². The van der Waals surface area contributed by atoms with E-state index in [9.17, 15) is 9.18 Å². The minimum Gasteiger partial charge on any atom is -0.376 e. The van der Waals surface area contributed by atoms with Crippen LogP contribution in [0.5, 0.6) is 0 Å². The number of benzene rings is 1. The molecule has 2 aromatic rings. The summed E-state index contributed by atoms with van der Waals surface area (Å²) in [5, 5.41) is 4.18. The average Bonchev–Trinajstić information content (AvgIpc) is 3.56. The van der Waals surface area contributed by atoms with Crippen molar-refractivity contribution in [1.82, 2.24) is 10.1 Å². The van der Waals surface area contributed by atoms with Crippen molar-refractivity contribution < 1.29 is 18.4 Å². The van der Waals surface area contributed by atoms with E-state index in [0.717, 1.165) is 25.7 Å². The zero-order valence-electron chi connectivity index (χ0n) is 17.1. The molecular formula is C22H24FN5O3. The molecule has 2 fully saturated rings. The third-order valence-electron chi connectivity index (χ3n) is 6.82. The van der Waals surface area contributed by atoms with Gasteiger partial charge in [-0.2, -0.15) is 4.98 Å². The van der Waals surface area contributed by atoms with Gasteiger partial charge in [0.05, 0.1) is 24.7 Å². The minimum atomic E-state index is -0.674. The number of aliphatic imine (C=N–C) groups is 1. The summed E-state index contributed by atoms with van der Waals surface area (Å²) in [5.41, 5.74) is 0.896. The fourth-order valence-electron chi connectivity index (χ4n) is 5.25. The molecule has 1 aromatic heterocycles. The molecule has 6 rings (SSSR count). The van der Waals surface area contributed by atoms with Gasteiger partial charge in [-0.1, -0.05) is 24.1 Å². The Labute approximate surface area is 179 Å². The van der Waals surface area contributed by atoms with Gasteiger partial charge < -0.3 is 19.1 Å². The lowest BCUT2D eigenvalue weighted by Crippen LogP contribution is -2.54. The lowest BCUT2D eigenvalue weighted by atomic mass is 10.0. The van der Waals surface area contributed by atoms with Crippen LogP contribution in [-0.4, -0.2) is 47.7 Å². The standard InChI is InChI=1S/C22H24FN5O3/c23-15-8-3-9-16-18(15)27(11-14-7-4-10-30-14)22(29)19-17(24-12-28(16)19)21-25-20(26-31-21)13-5-1-2-6-13/h3,8-9,12-14,17,19H,1-2,4-7,10-11H2. The number of carbonyl (C=O) groups is 1. The van der Waals surface area contributed by atoms with E-state index in [2.05, 4.69) is 15.1 Å². The Morgan fingerprint density at radius 2 is 2.03 bits per heavy atom. The van der Waals surface area contributed by atoms with Crippen LogP contribution in [0.4, 0.5) is 15.8 Å². The highest BCUT2D eigenvalue weighted by Gasteiger charge is 2.49. The van der Waals surface area contributed by atoms with Crippen LogP contribution in [-0.2, 0) is 9.53 Å². The van der Waals surface area contributed by atoms with Crippen molar-refractivity contribution in [1.29, 1.82) is 0 Å². The van der Waals surface area contributed by atoms with E-state index in [4.69, 9.17) is 9.26 Å². The molecule has 3 atom stereocenters.